The molecule has 20 heavy (non-hydrogen) atoms. The van der Waals surface area contributed by atoms with Gasteiger partial charge in [0.25, 0.3) is 0 Å². The number of hydrogen-bond acceptors (Lipinski definition) is 8. The van der Waals surface area contributed by atoms with Crippen LogP contribution in [-0.2, 0) is 6.42 Å². The Labute approximate surface area is 121 Å². The number of rotatable bonds is 7. The summed E-state index contributed by atoms with van der Waals surface area (Å²) in [7, 11) is 0. The highest BCUT2D eigenvalue weighted by Crippen LogP contribution is 2.11. The van der Waals surface area contributed by atoms with Gasteiger partial charge in [0, 0.05) is 18.3 Å². The highest BCUT2D eigenvalue weighted by molar-refractivity contribution is 7.09. The van der Waals surface area contributed by atoms with Gasteiger partial charge in [-0.1, -0.05) is 6.92 Å². The fourth-order valence-electron chi connectivity index (χ4n) is 1.53. The van der Waals surface area contributed by atoms with Crippen molar-refractivity contribution in [2.45, 2.75) is 26.7 Å². The lowest BCUT2D eigenvalue weighted by atomic mass is 10.3. The molecular weight excluding hydrogens is 276 g/mol. The maximum Gasteiger partial charge on any atom is 0.323 e. The van der Waals surface area contributed by atoms with E-state index in [9.17, 15) is 0 Å². The summed E-state index contributed by atoms with van der Waals surface area (Å²) in [5, 5.41) is 6.22. The van der Waals surface area contributed by atoms with Gasteiger partial charge in [0.2, 0.25) is 11.9 Å². The first-order chi connectivity index (χ1) is 9.67. The second-order valence-corrected chi connectivity index (χ2v) is 5.25. The molecule has 0 aliphatic rings. The van der Waals surface area contributed by atoms with E-state index in [1.54, 1.807) is 11.3 Å². The number of nitrogens with two attached hydrogens (primary N) is 1. The van der Waals surface area contributed by atoms with Crippen LogP contribution in [0.2, 0.25) is 0 Å². The SMILES string of the molecule is CCCOc1nc(N)nc(NCCc2csc(C)n2)n1. The van der Waals surface area contributed by atoms with Gasteiger partial charge in [-0.3, -0.25) is 0 Å². The smallest absolute Gasteiger partial charge is 0.323 e. The summed E-state index contributed by atoms with van der Waals surface area (Å²) in [6, 6.07) is 0.256. The quantitative estimate of drug-likeness (QED) is 0.801. The number of hydrogen-bond donors (Lipinski definition) is 2. The summed E-state index contributed by atoms with van der Waals surface area (Å²) in [6.07, 6.45) is 1.69. The largest absolute Gasteiger partial charge is 0.463 e. The minimum atomic E-state index is 0.151. The Kier molecular flexibility index (Phi) is 5.05. The zero-order valence-corrected chi connectivity index (χ0v) is 12.4. The number of ether oxygens (including phenoxy) is 1. The molecule has 2 aromatic heterocycles. The van der Waals surface area contributed by atoms with Gasteiger partial charge in [0.1, 0.15) is 0 Å². The Morgan fingerprint density at radius 1 is 1.30 bits per heavy atom. The second-order valence-electron chi connectivity index (χ2n) is 4.18. The molecule has 2 rings (SSSR count). The van der Waals surface area contributed by atoms with Crippen LogP contribution in [0.4, 0.5) is 11.9 Å². The van der Waals surface area contributed by atoms with Crippen molar-refractivity contribution < 1.29 is 4.74 Å². The molecule has 108 valence electrons. The third-order valence-corrected chi connectivity index (χ3v) is 3.22. The van der Waals surface area contributed by atoms with Crippen molar-refractivity contribution in [2.24, 2.45) is 0 Å². The molecule has 8 heteroatoms. The third-order valence-electron chi connectivity index (χ3n) is 2.40. The molecule has 0 saturated heterocycles. The summed E-state index contributed by atoms with van der Waals surface area (Å²) in [6.45, 7) is 5.24. The van der Waals surface area contributed by atoms with Crippen molar-refractivity contribution in [2.75, 3.05) is 24.2 Å². The molecule has 7 nitrogen and oxygen atoms in total. The standard InChI is InChI=1S/C12H18N6OS/c1-3-6-19-12-17-10(13)16-11(18-12)14-5-4-9-7-20-8(2)15-9/h7H,3-6H2,1-2H3,(H3,13,14,16,17,18). The lowest BCUT2D eigenvalue weighted by Crippen LogP contribution is -2.12. The average molecular weight is 294 g/mol. The van der Waals surface area contributed by atoms with Crippen LogP contribution in [0.3, 0.4) is 0 Å². The topological polar surface area (TPSA) is 98.8 Å². The average Bonchev–Trinajstić information content (AvgIpc) is 2.81. The van der Waals surface area contributed by atoms with Crippen LogP contribution < -0.4 is 15.8 Å². The van der Waals surface area contributed by atoms with E-state index in [0.29, 0.717) is 19.1 Å². The molecule has 2 heterocycles. The van der Waals surface area contributed by atoms with Gasteiger partial charge >= 0.3 is 6.01 Å². The molecular formula is C12H18N6OS. The Morgan fingerprint density at radius 3 is 2.85 bits per heavy atom. The molecule has 0 radical (unpaired) electrons. The second kappa shape index (κ2) is 6.99. The lowest BCUT2D eigenvalue weighted by Gasteiger charge is -2.07. The van der Waals surface area contributed by atoms with Crippen molar-refractivity contribution >= 4 is 23.2 Å². The first-order valence-corrected chi connectivity index (χ1v) is 7.34. The molecule has 0 aromatic carbocycles. The van der Waals surface area contributed by atoms with E-state index in [1.807, 2.05) is 13.8 Å². The summed E-state index contributed by atoms with van der Waals surface area (Å²) in [5.41, 5.74) is 6.68. The Hall–Kier alpha value is -1.96. The number of nitrogens with zero attached hydrogens (tertiary/aromatic N) is 4. The van der Waals surface area contributed by atoms with Crippen LogP contribution in [-0.4, -0.2) is 33.1 Å². The van der Waals surface area contributed by atoms with E-state index >= 15 is 0 Å². The van der Waals surface area contributed by atoms with Crippen molar-refractivity contribution in [3.05, 3.63) is 16.1 Å². The van der Waals surface area contributed by atoms with Gasteiger partial charge in [-0.2, -0.15) is 15.0 Å². The minimum absolute atomic E-state index is 0.151. The first-order valence-electron chi connectivity index (χ1n) is 6.46. The fourth-order valence-corrected chi connectivity index (χ4v) is 2.18. The van der Waals surface area contributed by atoms with Crippen LogP contribution in [0.5, 0.6) is 6.01 Å². The Morgan fingerprint density at radius 2 is 2.15 bits per heavy atom. The monoisotopic (exact) mass is 294 g/mol. The van der Waals surface area contributed by atoms with Crippen molar-refractivity contribution in [3.8, 4) is 6.01 Å². The van der Waals surface area contributed by atoms with E-state index < -0.39 is 0 Å². The predicted molar refractivity (Wildman–Crippen MR) is 79.1 cm³/mol. The lowest BCUT2D eigenvalue weighted by molar-refractivity contribution is 0.292. The van der Waals surface area contributed by atoms with Gasteiger partial charge in [-0.15, -0.1) is 11.3 Å². The highest BCUT2D eigenvalue weighted by atomic mass is 32.1. The van der Waals surface area contributed by atoms with Crippen LogP contribution in [0.15, 0.2) is 5.38 Å². The van der Waals surface area contributed by atoms with Crippen molar-refractivity contribution in [1.82, 2.24) is 19.9 Å². The van der Waals surface area contributed by atoms with Crippen molar-refractivity contribution in [3.63, 3.8) is 0 Å². The van der Waals surface area contributed by atoms with E-state index in [1.165, 1.54) is 0 Å². The molecule has 0 saturated carbocycles. The number of nitrogen functional groups attached to an aromatic ring is 1. The Bertz CT molecular complexity index is 559. The Balaban J connectivity index is 1.89. The fraction of sp³-hybridized carbons (Fsp3) is 0.500. The third kappa shape index (κ3) is 4.30. The molecule has 3 N–H and O–H groups in total. The van der Waals surface area contributed by atoms with Crippen LogP contribution >= 0.6 is 11.3 Å². The molecule has 2 aromatic rings. The normalized spacial score (nSPS) is 10.5. The molecule has 0 aliphatic carbocycles. The molecule has 0 amide bonds. The van der Waals surface area contributed by atoms with E-state index in [2.05, 4.69) is 30.6 Å². The van der Waals surface area contributed by atoms with Gasteiger partial charge < -0.3 is 15.8 Å². The maximum atomic E-state index is 5.62. The molecule has 0 unspecified atom stereocenters. The summed E-state index contributed by atoms with van der Waals surface area (Å²) in [5.74, 6) is 0.577. The molecule has 0 fully saturated rings. The number of anilines is 2. The van der Waals surface area contributed by atoms with Gasteiger partial charge in [-0.25, -0.2) is 4.98 Å². The number of aryl methyl sites for hydroxylation is 1. The van der Waals surface area contributed by atoms with E-state index in [4.69, 9.17) is 10.5 Å². The molecule has 0 atom stereocenters. The van der Waals surface area contributed by atoms with E-state index in [0.717, 1.165) is 23.5 Å². The van der Waals surface area contributed by atoms with Crippen LogP contribution in [0, 0.1) is 6.92 Å². The highest BCUT2D eigenvalue weighted by Gasteiger charge is 2.05. The molecule has 0 aliphatic heterocycles. The molecule has 0 spiro atoms. The minimum Gasteiger partial charge on any atom is -0.463 e. The number of aromatic nitrogens is 4. The summed E-state index contributed by atoms with van der Waals surface area (Å²) >= 11 is 1.64. The zero-order valence-electron chi connectivity index (χ0n) is 11.6. The van der Waals surface area contributed by atoms with Gasteiger partial charge in [-0.05, 0) is 13.3 Å². The van der Waals surface area contributed by atoms with Crippen molar-refractivity contribution in [1.29, 1.82) is 0 Å². The summed E-state index contributed by atoms with van der Waals surface area (Å²) in [4.78, 5) is 16.5. The van der Waals surface area contributed by atoms with Crippen LogP contribution in [0.1, 0.15) is 24.0 Å². The van der Waals surface area contributed by atoms with Gasteiger partial charge in [0.05, 0.1) is 17.3 Å². The van der Waals surface area contributed by atoms with E-state index in [-0.39, 0.29) is 12.0 Å². The van der Waals surface area contributed by atoms with Crippen LogP contribution in [0.25, 0.3) is 0 Å². The predicted octanol–water partition coefficient (Wildman–Crippen LogP) is 1.66. The molecule has 0 bridgehead atoms. The number of thiazole rings is 1. The first kappa shape index (κ1) is 14.4. The number of nitrogens with one attached hydrogen (secondary N) is 1. The summed E-state index contributed by atoms with van der Waals surface area (Å²) < 4.78 is 5.35. The maximum absolute atomic E-state index is 5.62. The zero-order chi connectivity index (χ0) is 14.4. The van der Waals surface area contributed by atoms with Gasteiger partial charge in [0.15, 0.2) is 0 Å².